The minimum Gasteiger partial charge on any atom is -0.480 e. The van der Waals surface area contributed by atoms with Gasteiger partial charge < -0.3 is 25.2 Å². The summed E-state index contributed by atoms with van der Waals surface area (Å²) in [5, 5.41) is 14.4. The number of carbonyl (C=O) groups excluding carboxylic acids is 2. The van der Waals surface area contributed by atoms with Gasteiger partial charge in [0.25, 0.3) is 10.1 Å². The second-order valence-electron chi connectivity index (χ2n) is 10.9. The Kier molecular flexibility index (Phi) is 14.5. The molecule has 3 N–H and O–H groups in total. The first-order valence-corrected chi connectivity index (χ1v) is 16.3. The number of carbonyl (C=O) groups is 3. The molecule has 1 rings (SSSR count). The molecule has 39 heavy (non-hydrogen) atoms. The fourth-order valence-corrected chi connectivity index (χ4v) is 6.28. The van der Waals surface area contributed by atoms with Crippen molar-refractivity contribution in [2.75, 3.05) is 23.9 Å². The number of nitrogens with one attached hydrogen (secondary N) is 2. The van der Waals surface area contributed by atoms with Gasteiger partial charge in [-0.15, -0.1) is 0 Å². The third-order valence-electron chi connectivity index (χ3n) is 4.50. The maximum Gasteiger partial charge on any atom is 0.408 e. The second kappa shape index (κ2) is 16.2. The van der Waals surface area contributed by atoms with E-state index in [0.717, 1.165) is 16.4 Å². The van der Waals surface area contributed by atoms with E-state index < -0.39 is 46.0 Å². The smallest absolute Gasteiger partial charge is 0.408 e. The molecule has 1 aromatic carbocycles. The van der Waals surface area contributed by atoms with Gasteiger partial charge in [0.15, 0.2) is 0 Å². The van der Waals surface area contributed by atoms with Crippen molar-refractivity contribution in [1.82, 2.24) is 10.6 Å². The van der Waals surface area contributed by atoms with Crippen LogP contribution in [0.1, 0.15) is 53.5 Å². The first-order valence-electron chi connectivity index (χ1n) is 12.3. The lowest BCUT2D eigenvalue weighted by Crippen LogP contribution is -2.44. The predicted octanol–water partition coefficient (Wildman–Crippen LogP) is 4.42. The number of rotatable bonds is 15. The van der Waals surface area contributed by atoms with E-state index in [-0.39, 0.29) is 42.3 Å². The molecule has 0 saturated heterocycles. The molecule has 0 saturated carbocycles. The molecule has 11 nitrogen and oxygen atoms in total. The summed E-state index contributed by atoms with van der Waals surface area (Å²) in [6.45, 7) is 10.6. The lowest BCUT2D eigenvalue weighted by atomic mass is 9.99. The lowest BCUT2D eigenvalue weighted by Gasteiger charge is -2.22. The Morgan fingerprint density at radius 2 is 1.56 bits per heavy atom. The first-order chi connectivity index (χ1) is 18.0. The Balaban J connectivity index is 2.70. The van der Waals surface area contributed by atoms with Crippen LogP contribution in [-0.2, 0) is 35.2 Å². The maximum atomic E-state index is 12.4. The van der Waals surface area contributed by atoms with Gasteiger partial charge in [-0.25, -0.2) is 14.4 Å². The molecule has 0 aromatic heterocycles. The molecule has 0 aliphatic carbocycles. The van der Waals surface area contributed by atoms with Gasteiger partial charge in [-0.1, -0.05) is 72.7 Å². The molecule has 0 radical (unpaired) electrons. The highest BCUT2D eigenvalue weighted by Crippen LogP contribution is 2.24. The van der Waals surface area contributed by atoms with Crippen molar-refractivity contribution in [3.05, 3.63) is 35.9 Å². The predicted molar refractivity (Wildman–Crippen MR) is 153 cm³/mol. The Bertz CT molecular complexity index is 1020. The zero-order valence-electron chi connectivity index (χ0n) is 23.2. The van der Waals surface area contributed by atoms with E-state index in [1.807, 2.05) is 39.0 Å². The Morgan fingerprint density at radius 1 is 0.949 bits per heavy atom. The summed E-state index contributed by atoms with van der Waals surface area (Å²) in [7, 11) is -1.45. The SMILES string of the molecule is CC(C)(C)COS(=O)(=O)CC[C@@H](CSSC[C@H](NC(=O)OC(C)(C)C)C(=O)O)NC(=O)OCc1ccccc1. The highest BCUT2D eigenvalue weighted by atomic mass is 33.1. The third kappa shape index (κ3) is 17.9. The van der Waals surface area contributed by atoms with Crippen molar-refractivity contribution < 1.29 is 41.6 Å². The van der Waals surface area contributed by atoms with Crippen LogP contribution in [0.2, 0.25) is 0 Å². The number of ether oxygens (including phenoxy) is 2. The van der Waals surface area contributed by atoms with Crippen LogP contribution in [0, 0.1) is 5.41 Å². The van der Waals surface area contributed by atoms with Gasteiger partial charge in [0.05, 0.1) is 12.4 Å². The van der Waals surface area contributed by atoms with Crippen LogP contribution < -0.4 is 10.6 Å². The third-order valence-corrected chi connectivity index (χ3v) is 8.20. The fraction of sp³-hybridized carbons (Fsp3) is 0.640. The van der Waals surface area contributed by atoms with Crippen LogP contribution >= 0.6 is 21.6 Å². The van der Waals surface area contributed by atoms with E-state index in [0.29, 0.717) is 0 Å². The number of hydrogen-bond donors (Lipinski definition) is 3. The van der Waals surface area contributed by atoms with Crippen LogP contribution in [0.5, 0.6) is 0 Å². The van der Waals surface area contributed by atoms with Gasteiger partial charge in [-0.3, -0.25) is 4.18 Å². The topological polar surface area (TPSA) is 157 Å². The van der Waals surface area contributed by atoms with Gasteiger partial charge in [0.2, 0.25) is 0 Å². The first kappa shape index (κ1) is 34.9. The number of carboxylic acid groups (broad SMARTS) is 1. The molecule has 14 heteroatoms. The van der Waals surface area contributed by atoms with Crippen molar-refractivity contribution in [2.45, 2.75) is 72.3 Å². The van der Waals surface area contributed by atoms with E-state index in [2.05, 4.69) is 10.6 Å². The molecule has 0 unspecified atom stereocenters. The molecule has 0 spiro atoms. The van der Waals surface area contributed by atoms with Crippen LogP contribution in [0.3, 0.4) is 0 Å². The van der Waals surface area contributed by atoms with Crippen LogP contribution in [0.4, 0.5) is 9.59 Å². The van der Waals surface area contributed by atoms with Crippen molar-refractivity contribution >= 4 is 49.9 Å². The Hall–Kier alpha value is -2.16. The highest BCUT2D eigenvalue weighted by molar-refractivity contribution is 8.76. The molecular formula is C25H40N2O9S3. The summed E-state index contributed by atoms with van der Waals surface area (Å²) >= 11 is 0. The number of aliphatic carboxylic acids is 1. The molecule has 0 fully saturated rings. The standard InChI is InChI=1S/C25H40N2O9S3/c1-24(2,3)17-35-39(32,33)13-12-19(26-22(30)34-14-18-10-8-7-9-11-18)15-37-38-16-20(21(28)29)27-23(31)36-25(4,5)6/h7-11,19-20H,12-17H2,1-6H3,(H,26,30)(H,27,31)(H,28,29)/t19-,20-/m0/s1. The normalized spacial score (nSPS) is 13.7. The van der Waals surface area contributed by atoms with E-state index in [1.54, 1.807) is 32.9 Å². The van der Waals surface area contributed by atoms with Crippen molar-refractivity contribution in [2.24, 2.45) is 5.41 Å². The van der Waals surface area contributed by atoms with Crippen molar-refractivity contribution in [3.63, 3.8) is 0 Å². The van der Waals surface area contributed by atoms with E-state index in [9.17, 15) is 27.9 Å². The van der Waals surface area contributed by atoms with E-state index in [1.165, 1.54) is 10.8 Å². The average molecular weight is 609 g/mol. The molecule has 1 aromatic rings. The lowest BCUT2D eigenvalue weighted by molar-refractivity contribution is -0.138. The number of alkyl carbamates (subject to hydrolysis) is 2. The molecule has 2 amide bonds. The van der Waals surface area contributed by atoms with Crippen LogP contribution in [-0.4, -0.2) is 73.2 Å². The molecule has 0 aliphatic heterocycles. The van der Waals surface area contributed by atoms with E-state index in [4.69, 9.17) is 13.7 Å². The zero-order valence-corrected chi connectivity index (χ0v) is 25.7. The largest absolute Gasteiger partial charge is 0.480 e. The second-order valence-corrected chi connectivity index (χ2v) is 15.2. The molecule has 0 bridgehead atoms. The molecular weight excluding hydrogens is 568 g/mol. The van der Waals surface area contributed by atoms with Gasteiger partial charge in [0, 0.05) is 17.5 Å². The summed E-state index contributed by atoms with van der Waals surface area (Å²) in [4.78, 5) is 35.9. The van der Waals surface area contributed by atoms with Gasteiger partial charge in [-0.05, 0) is 38.2 Å². The molecule has 222 valence electrons. The minimum absolute atomic E-state index is 0.0113. The highest BCUT2D eigenvalue weighted by Gasteiger charge is 2.25. The quantitative estimate of drug-likeness (QED) is 0.147. The summed E-state index contributed by atoms with van der Waals surface area (Å²) in [6.07, 6.45) is -1.50. The summed E-state index contributed by atoms with van der Waals surface area (Å²) in [5.74, 6) is -1.29. The summed E-state index contributed by atoms with van der Waals surface area (Å²) in [5.41, 5.74) is -0.323. The number of benzene rings is 1. The molecule has 0 aliphatic rings. The maximum absolute atomic E-state index is 12.4. The van der Waals surface area contributed by atoms with E-state index >= 15 is 0 Å². The van der Waals surface area contributed by atoms with Gasteiger partial charge >= 0.3 is 18.2 Å². The van der Waals surface area contributed by atoms with Crippen LogP contribution in [0.25, 0.3) is 0 Å². The Morgan fingerprint density at radius 3 is 2.13 bits per heavy atom. The van der Waals surface area contributed by atoms with Crippen LogP contribution in [0.15, 0.2) is 30.3 Å². The van der Waals surface area contributed by atoms with Crippen molar-refractivity contribution in [3.8, 4) is 0 Å². The minimum atomic E-state index is -3.83. The molecule has 0 heterocycles. The number of carboxylic acids is 1. The van der Waals surface area contributed by atoms with Crippen molar-refractivity contribution in [1.29, 1.82) is 0 Å². The Labute approximate surface area is 239 Å². The molecule has 2 atom stereocenters. The summed E-state index contributed by atoms with van der Waals surface area (Å²) < 4.78 is 40.2. The van der Waals surface area contributed by atoms with Gasteiger partial charge in [0.1, 0.15) is 18.2 Å². The monoisotopic (exact) mass is 608 g/mol. The number of hydrogen-bond acceptors (Lipinski definition) is 10. The summed E-state index contributed by atoms with van der Waals surface area (Å²) in [6, 6.07) is 7.28. The average Bonchev–Trinajstić information content (AvgIpc) is 2.80. The fourth-order valence-electron chi connectivity index (χ4n) is 2.61. The zero-order chi connectivity index (χ0) is 29.7. The number of amides is 2. The van der Waals surface area contributed by atoms with Gasteiger partial charge in [-0.2, -0.15) is 8.42 Å².